The number of hydrogen-bond acceptors (Lipinski definition) is 3. The molecule has 1 aromatic rings. The van der Waals surface area contributed by atoms with Gasteiger partial charge < -0.3 is 5.32 Å². The maximum Gasteiger partial charge on any atom is 0.140 e. The van der Waals surface area contributed by atoms with Gasteiger partial charge in [0, 0.05) is 12.7 Å². The molecule has 0 atom stereocenters. The fourth-order valence-corrected chi connectivity index (χ4v) is 0.850. The first-order valence-corrected chi connectivity index (χ1v) is 3.36. The van der Waals surface area contributed by atoms with E-state index in [9.17, 15) is 0 Å². The van der Waals surface area contributed by atoms with Crippen LogP contribution in [0.5, 0.6) is 0 Å². The van der Waals surface area contributed by atoms with E-state index in [-0.39, 0.29) is 0 Å². The average Bonchev–Trinajstić information content (AvgIpc) is 2.06. The molecule has 0 unspecified atom stereocenters. The summed E-state index contributed by atoms with van der Waals surface area (Å²) in [5, 5.41) is 11.5. The Balaban J connectivity index is 2.85. The van der Waals surface area contributed by atoms with Crippen LogP contribution in [-0.2, 0) is 6.54 Å². The first kappa shape index (κ1) is 7.70. The molecule has 0 aliphatic heterocycles. The molecule has 1 aromatic heterocycles. The minimum atomic E-state index is 0.470. The molecule has 0 amide bonds. The zero-order valence-electron chi connectivity index (χ0n) is 6.33. The van der Waals surface area contributed by atoms with Gasteiger partial charge in [-0.05, 0) is 24.7 Å². The molecule has 0 bridgehead atoms. The largest absolute Gasteiger partial charge is 0.316 e. The monoisotopic (exact) mass is 147 g/mol. The highest BCUT2D eigenvalue weighted by Crippen LogP contribution is 1.99. The van der Waals surface area contributed by atoms with Crippen LogP contribution in [0.1, 0.15) is 11.3 Å². The summed E-state index contributed by atoms with van der Waals surface area (Å²) in [5.41, 5.74) is 1.55. The first-order valence-electron chi connectivity index (χ1n) is 3.36. The SMILES string of the molecule is CNCc1ccnc(C#N)c1. The van der Waals surface area contributed by atoms with Crippen LogP contribution in [0.3, 0.4) is 0 Å². The minimum absolute atomic E-state index is 0.470. The summed E-state index contributed by atoms with van der Waals surface area (Å²) in [6, 6.07) is 5.65. The molecule has 0 aromatic carbocycles. The van der Waals surface area contributed by atoms with Crippen molar-refractivity contribution in [2.45, 2.75) is 6.54 Å². The minimum Gasteiger partial charge on any atom is -0.316 e. The third kappa shape index (κ3) is 2.03. The molecule has 0 aliphatic rings. The molecule has 0 fully saturated rings. The van der Waals surface area contributed by atoms with Crippen molar-refractivity contribution in [3.63, 3.8) is 0 Å². The van der Waals surface area contributed by atoms with E-state index in [1.54, 1.807) is 12.3 Å². The molecule has 0 saturated heterocycles. The van der Waals surface area contributed by atoms with Crippen molar-refractivity contribution in [2.24, 2.45) is 0 Å². The lowest BCUT2D eigenvalue weighted by molar-refractivity contribution is 0.815. The Labute approximate surface area is 65.7 Å². The fraction of sp³-hybridized carbons (Fsp3) is 0.250. The van der Waals surface area contributed by atoms with Crippen LogP contribution in [0.25, 0.3) is 0 Å². The standard InChI is InChI=1S/C8H9N3/c1-10-6-7-2-3-11-8(4-7)5-9/h2-4,10H,6H2,1H3. The van der Waals surface area contributed by atoms with Crippen LogP contribution < -0.4 is 5.32 Å². The molecule has 0 aliphatic carbocycles. The van der Waals surface area contributed by atoms with Crippen molar-refractivity contribution in [1.82, 2.24) is 10.3 Å². The topological polar surface area (TPSA) is 48.7 Å². The zero-order valence-corrected chi connectivity index (χ0v) is 6.33. The second kappa shape index (κ2) is 3.69. The summed E-state index contributed by atoms with van der Waals surface area (Å²) in [4.78, 5) is 3.85. The predicted molar refractivity (Wildman–Crippen MR) is 41.7 cm³/mol. The summed E-state index contributed by atoms with van der Waals surface area (Å²) < 4.78 is 0. The van der Waals surface area contributed by atoms with E-state index in [1.807, 2.05) is 19.2 Å². The Morgan fingerprint density at radius 1 is 1.73 bits per heavy atom. The molecule has 56 valence electrons. The third-order valence-corrected chi connectivity index (χ3v) is 1.32. The summed E-state index contributed by atoms with van der Waals surface area (Å²) >= 11 is 0. The highest BCUT2D eigenvalue weighted by molar-refractivity contribution is 5.25. The van der Waals surface area contributed by atoms with E-state index in [2.05, 4.69) is 10.3 Å². The lowest BCUT2D eigenvalue weighted by Crippen LogP contribution is -2.05. The van der Waals surface area contributed by atoms with Crippen molar-refractivity contribution in [2.75, 3.05) is 7.05 Å². The van der Waals surface area contributed by atoms with Crippen LogP contribution in [0.15, 0.2) is 18.3 Å². The maximum atomic E-state index is 8.50. The number of aromatic nitrogens is 1. The maximum absolute atomic E-state index is 8.50. The van der Waals surface area contributed by atoms with Crippen molar-refractivity contribution >= 4 is 0 Å². The highest BCUT2D eigenvalue weighted by atomic mass is 14.8. The molecule has 1 N–H and O–H groups in total. The van der Waals surface area contributed by atoms with Gasteiger partial charge in [0.25, 0.3) is 0 Å². The van der Waals surface area contributed by atoms with Crippen LogP contribution in [-0.4, -0.2) is 12.0 Å². The lowest BCUT2D eigenvalue weighted by atomic mass is 10.2. The average molecular weight is 147 g/mol. The molecular weight excluding hydrogens is 138 g/mol. The summed E-state index contributed by atoms with van der Waals surface area (Å²) in [7, 11) is 1.87. The number of pyridine rings is 1. The fourth-order valence-electron chi connectivity index (χ4n) is 0.850. The third-order valence-electron chi connectivity index (χ3n) is 1.32. The second-order valence-corrected chi connectivity index (χ2v) is 2.19. The Morgan fingerprint density at radius 3 is 3.18 bits per heavy atom. The van der Waals surface area contributed by atoms with Gasteiger partial charge in [-0.3, -0.25) is 0 Å². The molecule has 11 heavy (non-hydrogen) atoms. The molecule has 3 heteroatoms. The number of nitrogens with zero attached hydrogens (tertiary/aromatic N) is 2. The van der Waals surface area contributed by atoms with Gasteiger partial charge in [-0.25, -0.2) is 4.98 Å². The molecule has 0 spiro atoms. The summed E-state index contributed by atoms with van der Waals surface area (Å²) in [5.74, 6) is 0. The number of nitriles is 1. The van der Waals surface area contributed by atoms with Crippen molar-refractivity contribution < 1.29 is 0 Å². The van der Waals surface area contributed by atoms with E-state index in [1.165, 1.54) is 0 Å². The smallest absolute Gasteiger partial charge is 0.140 e. The Morgan fingerprint density at radius 2 is 2.55 bits per heavy atom. The van der Waals surface area contributed by atoms with Crippen molar-refractivity contribution in [3.05, 3.63) is 29.6 Å². The van der Waals surface area contributed by atoms with Gasteiger partial charge in [0.2, 0.25) is 0 Å². The molecule has 0 saturated carbocycles. The van der Waals surface area contributed by atoms with Gasteiger partial charge in [0.1, 0.15) is 11.8 Å². The van der Waals surface area contributed by atoms with Gasteiger partial charge in [0.15, 0.2) is 0 Å². The van der Waals surface area contributed by atoms with Gasteiger partial charge in [-0.1, -0.05) is 0 Å². The van der Waals surface area contributed by atoms with Crippen LogP contribution in [0.4, 0.5) is 0 Å². The van der Waals surface area contributed by atoms with E-state index >= 15 is 0 Å². The van der Waals surface area contributed by atoms with Crippen molar-refractivity contribution in [3.8, 4) is 6.07 Å². The molecule has 1 heterocycles. The Bertz CT molecular complexity index is 275. The van der Waals surface area contributed by atoms with E-state index in [0.29, 0.717) is 5.69 Å². The number of hydrogen-bond donors (Lipinski definition) is 1. The first-order chi connectivity index (χ1) is 5.36. The summed E-state index contributed by atoms with van der Waals surface area (Å²) in [6.07, 6.45) is 1.64. The highest BCUT2D eigenvalue weighted by Gasteiger charge is 1.93. The molecular formula is C8H9N3. The van der Waals surface area contributed by atoms with Gasteiger partial charge in [-0.15, -0.1) is 0 Å². The number of nitrogens with one attached hydrogen (secondary N) is 1. The van der Waals surface area contributed by atoms with Crippen LogP contribution >= 0.6 is 0 Å². The zero-order chi connectivity index (χ0) is 8.10. The normalized spacial score (nSPS) is 9.09. The number of rotatable bonds is 2. The van der Waals surface area contributed by atoms with E-state index < -0.39 is 0 Å². The van der Waals surface area contributed by atoms with Crippen molar-refractivity contribution in [1.29, 1.82) is 5.26 Å². The predicted octanol–water partition coefficient (Wildman–Crippen LogP) is 0.673. The van der Waals surface area contributed by atoms with E-state index in [0.717, 1.165) is 12.1 Å². The van der Waals surface area contributed by atoms with E-state index in [4.69, 9.17) is 5.26 Å². The van der Waals surface area contributed by atoms with Gasteiger partial charge in [-0.2, -0.15) is 5.26 Å². The van der Waals surface area contributed by atoms with Gasteiger partial charge in [0.05, 0.1) is 0 Å². The Hall–Kier alpha value is -1.40. The molecule has 3 nitrogen and oxygen atoms in total. The second-order valence-electron chi connectivity index (χ2n) is 2.19. The molecule has 1 rings (SSSR count). The van der Waals surface area contributed by atoms with Crippen LogP contribution in [0.2, 0.25) is 0 Å². The van der Waals surface area contributed by atoms with Crippen LogP contribution in [0, 0.1) is 11.3 Å². The molecule has 0 radical (unpaired) electrons. The Kier molecular flexibility index (Phi) is 2.59. The van der Waals surface area contributed by atoms with Gasteiger partial charge >= 0.3 is 0 Å². The quantitative estimate of drug-likeness (QED) is 0.669. The summed E-state index contributed by atoms with van der Waals surface area (Å²) in [6.45, 7) is 0.775. The lowest BCUT2D eigenvalue weighted by Gasteiger charge is -1.97.